The minimum atomic E-state index is -2.94. The van der Waals surface area contributed by atoms with Gasteiger partial charge in [0.1, 0.15) is 5.69 Å². The minimum absolute atomic E-state index is 0.196. The highest BCUT2D eigenvalue weighted by atomic mass is 19.3. The quantitative estimate of drug-likeness (QED) is 0.596. The van der Waals surface area contributed by atoms with Crippen molar-refractivity contribution in [1.82, 2.24) is 4.98 Å². The van der Waals surface area contributed by atoms with Crippen molar-refractivity contribution in [3.05, 3.63) is 27.4 Å². The molecule has 0 unspecified atom stereocenters. The summed E-state index contributed by atoms with van der Waals surface area (Å²) in [5, 5.41) is 19.1. The Morgan fingerprint density at radius 1 is 1.71 bits per heavy atom. The lowest BCUT2D eigenvalue weighted by Crippen LogP contribution is -2.04. The Morgan fingerprint density at radius 3 is 2.76 bits per heavy atom. The van der Waals surface area contributed by atoms with Gasteiger partial charge in [-0.3, -0.25) is 10.1 Å². The van der Waals surface area contributed by atoms with E-state index in [2.05, 4.69) is 9.72 Å². The molecule has 90 valence electrons. The maximum absolute atomic E-state index is 12.6. The predicted octanol–water partition coefficient (Wildman–Crippen LogP) is 2.00. The Kier molecular flexibility index (Phi) is 3.87. The van der Waals surface area contributed by atoms with Gasteiger partial charge in [0, 0.05) is 6.07 Å². The van der Waals surface area contributed by atoms with Gasteiger partial charge in [-0.2, -0.15) is 5.26 Å². The second kappa shape index (κ2) is 5.16. The van der Waals surface area contributed by atoms with Crippen LogP contribution < -0.4 is 4.74 Å². The summed E-state index contributed by atoms with van der Waals surface area (Å²) in [6, 6.07) is 2.35. The Morgan fingerprint density at radius 2 is 2.35 bits per heavy atom. The summed E-state index contributed by atoms with van der Waals surface area (Å²) in [6.45, 7) is 0. The molecule has 6 nitrogen and oxygen atoms in total. The molecule has 0 aliphatic carbocycles. The van der Waals surface area contributed by atoms with Gasteiger partial charge in [-0.05, 0) is 0 Å². The molecule has 0 amide bonds. The van der Waals surface area contributed by atoms with Gasteiger partial charge >= 0.3 is 0 Å². The molecule has 0 fully saturated rings. The van der Waals surface area contributed by atoms with Gasteiger partial charge in [-0.15, -0.1) is 0 Å². The molecule has 8 heteroatoms. The lowest BCUT2D eigenvalue weighted by Gasteiger charge is -2.08. The molecule has 17 heavy (non-hydrogen) atoms. The first-order valence-electron chi connectivity index (χ1n) is 4.38. The number of nitriles is 1. The molecule has 0 aromatic carbocycles. The first-order chi connectivity index (χ1) is 8.01. The summed E-state index contributed by atoms with van der Waals surface area (Å²) < 4.78 is 29.7. The molecular weight excluding hydrogens is 236 g/mol. The Labute approximate surface area is 94.6 Å². The molecule has 0 saturated carbocycles. The second-order valence-electron chi connectivity index (χ2n) is 2.95. The number of halogens is 2. The zero-order valence-electron chi connectivity index (χ0n) is 8.68. The molecule has 0 aliphatic rings. The number of hydrogen-bond donors (Lipinski definition) is 0. The van der Waals surface area contributed by atoms with Gasteiger partial charge in [0.05, 0.1) is 30.1 Å². The highest BCUT2D eigenvalue weighted by Crippen LogP contribution is 2.32. The van der Waals surface area contributed by atoms with Crippen molar-refractivity contribution in [3.63, 3.8) is 0 Å². The molecular formula is C9H7F2N3O3. The monoisotopic (exact) mass is 243 g/mol. The van der Waals surface area contributed by atoms with Gasteiger partial charge in [-0.25, -0.2) is 13.8 Å². The van der Waals surface area contributed by atoms with Crippen LogP contribution in [0.5, 0.6) is 5.88 Å². The van der Waals surface area contributed by atoms with Crippen molar-refractivity contribution < 1.29 is 18.4 Å². The minimum Gasteiger partial charge on any atom is -0.481 e. The van der Waals surface area contributed by atoms with E-state index < -0.39 is 28.5 Å². The van der Waals surface area contributed by atoms with Gasteiger partial charge < -0.3 is 4.74 Å². The Balaban J connectivity index is 3.43. The van der Waals surface area contributed by atoms with Crippen molar-refractivity contribution in [2.45, 2.75) is 12.8 Å². The molecule has 0 aliphatic heterocycles. The third-order valence-electron chi connectivity index (χ3n) is 1.94. The second-order valence-corrected chi connectivity index (χ2v) is 2.95. The zero-order valence-corrected chi connectivity index (χ0v) is 8.68. The van der Waals surface area contributed by atoms with Crippen LogP contribution in [-0.2, 0) is 6.42 Å². The maximum atomic E-state index is 12.6. The molecule has 1 aromatic rings. The molecule has 0 saturated heterocycles. The fourth-order valence-electron chi connectivity index (χ4n) is 1.22. The lowest BCUT2D eigenvalue weighted by molar-refractivity contribution is -0.386. The SMILES string of the molecule is COc1nc(CC#N)c([N+](=O)[O-])cc1C(F)F. The van der Waals surface area contributed by atoms with Crippen molar-refractivity contribution >= 4 is 5.69 Å². The van der Waals surface area contributed by atoms with Crippen LogP contribution in [0, 0.1) is 21.4 Å². The van der Waals surface area contributed by atoms with Crippen molar-refractivity contribution in [1.29, 1.82) is 5.26 Å². The molecule has 1 aromatic heterocycles. The van der Waals surface area contributed by atoms with Crippen LogP contribution >= 0.6 is 0 Å². The Bertz CT molecular complexity index is 485. The lowest BCUT2D eigenvalue weighted by atomic mass is 10.2. The van der Waals surface area contributed by atoms with E-state index in [4.69, 9.17) is 5.26 Å². The van der Waals surface area contributed by atoms with Gasteiger partial charge in [0.2, 0.25) is 5.88 Å². The third kappa shape index (κ3) is 2.63. The smallest absolute Gasteiger partial charge is 0.292 e. The Hall–Kier alpha value is -2.30. The van der Waals surface area contributed by atoms with E-state index in [0.717, 1.165) is 7.11 Å². The van der Waals surface area contributed by atoms with Crippen LogP contribution in [0.3, 0.4) is 0 Å². The van der Waals surface area contributed by atoms with Gasteiger partial charge in [0.15, 0.2) is 0 Å². The van der Waals surface area contributed by atoms with Crippen molar-refractivity contribution in [3.8, 4) is 11.9 Å². The summed E-state index contributed by atoms with van der Waals surface area (Å²) in [5.41, 5.74) is -1.47. The molecule has 0 bridgehead atoms. The fourth-order valence-corrected chi connectivity index (χ4v) is 1.22. The molecule has 0 N–H and O–H groups in total. The average molecular weight is 243 g/mol. The third-order valence-corrected chi connectivity index (χ3v) is 1.94. The van der Waals surface area contributed by atoms with Crippen LogP contribution in [0.4, 0.5) is 14.5 Å². The molecule has 0 radical (unpaired) electrons. The molecule has 1 rings (SSSR count). The number of hydrogen-bond acceptors (Lipinski definition) is 5. The first kappa shape index (κ1) is 12.8. The van der Waals surface area contributed by atoms with Crippen LogP contribution in [0.1, 0.15) is 17.7 Å². The molecule has 0 atom stereocenters. The van der Waals surface area contributed by atoms with E-state index in [0.29, 0.717) is 6.07 Å². The van der Waals surface area contributed by atoms with Crippen LogP contribution in [0.25, 0.3) is 0 Å². The summed E-state index contributed by atoms with van der Waals surface area (Å²) in [5.74, 6) is -0.407. The highest BCUT2D eigenvalue weighted by molar-refractivity contribution is 5.45. The van der Waals surface area contributed by atoms with Crippen LogP contribution in [0.2, 0.25) is 0 Å². The van der Waals surface area contributed by atoms with Crippen molar-refractivity contribution in [2.75, 3.05) is 7.11 Å². The molecule has 1 heterocycles. The standard InChI is InChI=1S/C9H7F2N3O3/c1-17-9-5(8(10)11)4-7(14(15)16)6(13-9)2-3-12/h4,8H,2H2,1H3. The van der Waals surface area contributed by atoms with Crippen molar-refractivity contribution in [2.24, 2.45) is 0 Å². The number of nitrogens with zero attached hydrogens (tertiary/aromatic N) is 3. The molecule has 0 spiro atoms. The highest BCUT2D eigenvalue weighted by Gasteiger charge is 2.24. The number of rotatable bonds is 4. The van der Waals surface area contributed by atoms with E-state index in [9.17, 15) is 18.9 Å². The largest absolute Gasteiger partial charge is 0.481 e. The number of nitro groups is 1. The number of aromatic nitrogens is 1. The van der Waals surface area contributed by atoms with Gasteiger partial charge in [0.25, 0.3) is 12.1 Å². The van der Waals surface area contributed by atoms with E-state index >= 15 is 0 Å². The summed E-state index contributed by atoms with van der Waals surface area (Å²) >= 11 is 0. The summed E-state index contributed by atoms with van der Waals surface area (Å²) in [6.07, 6.45) is -3.29. The maximum Gasteiger partial charge on any atom is 0.292 e. The van der Waals surface area contributed by atoms with E-state index in [1.54, 1.807) is 6.07 Å². The topological polar surface area (TPSA) is 89.0 Å². The van der Waals surface area contributed by atoms with E-state index in [-0.39, 0.29) is 12.1 Å². The number of ether oxygens (including phenoxy) is 1. The first-order valence-corrected chi connectivity index (χ1v) is 4.38. The summed E-state index contributed by atoms with van der Waals surface area (Å²) in [7, 11) is 1.12. The van der Waals surface area contributed by atoms with Crippen LogP contribution in [-0.4, -0.2) is 17.0 Å². The average Bonchev–Trinajstić information content (AvgIpc) is 2.28. The number of pyridine rings is 1. The fraction of sp³-hybridized carbons (Fsp3) is 0.333. The number of methoxy groups -OCH3 is 1. The number of alkyl halides is 2. The predicted molar refractivity (Wildman–Crippen MR) is 51.7 cm³/mol. The van der Waals surface area contributed by atoms with Crippen LogP contribution in [0.15, 0.2) is 6.07 Å². The normalized spacial score (nSPS) is 10.1. The summed E-state index contributed by atoms with van der Waals surface area (Å²) in [4.78, 5) is 13.3. The zero-order chi connectivity index (χ0) is 13.0. The van der Waals surface area contributed by atoms with E-state index in [1.807, 2.05) is 0 Å². The van der Waals surface area contributed by atoms with E-state index in [1.165, 1.54) is 0 Å². The van der Waals surface area contributed by atoms with Gasteiger partial charge in [-0.1, -0.05) is 0 Å².